The molecule has 0 spiro atoms. The van der Waals surface area contributed by atoms with Gasteiger partial charge in [0, 0.05) is 23.1 Å². The van der Waals surface area contributed by atoms with Crippen LogP contribution < -0.4 is 5.32 Å². The number of amides is 1. The number of halogens is 1. The zero-order valence-electron chi connectivity index (χ0n) is 15.3. The SMILES string of the molecule is O=C(COC(=O)/C=C/c1ccccc1[N+](=O)[O-])Nc1nc(-c2ccc(F)cc2)cs1. The molecule has 0 aliphatic rings. The summed E-state index contributed by atoms with van der Waals surface area (Å²) in [6.07, 6.45) is 2.25. The standard InChI is InChI=1S/C20H14FN3O5S/c21-15-8-5-13(6-9-15)16-12-30-20(22-16)23-18(25)11-29-19(26)10-7-14-3-1-2-4-17(14)24(27)28/h1-10,12H,11H2,(H,22,23,25)/b10-7+. The van der Waals surface area contributed by atoms with Crippen LogP contribution in [-0.4, -0.2) is 28.4 Å². The van der Waals surface area contributed by atoms with Gasteiger partial charge >= 0.3 is 5.97 Å². The van der Waals surface area contributed by atoms with Crippen molar-refractivity contribution >= 4 is 40.1 Å². The predicted octanol–water partition coefficient (Wildman–Crippen LogP) is 4.05. The van der Waals surface area contributed by atoms with E-state index in [0.717, 1.165) is 6.08 Å². The zero-order valence-corrected chi connectivity index (χ0v) is 16.1. The molecule has 0 radical (unpaired) electrons. The van der Waals surface area contributed by atoms with E-state index >= 15 is 0 Å². The molecule has 0 aliphatic carbocycles. The summed E-state index contributed by atoms with van der Waals surface area (Å²) in [5.41, 5.74) is 1.35. The number of esters is 1. The number of anilines is 1. The number of rotatable bonds is 7. The highest BCUT2D eigenvalue weighted by molar-refractivity contribution is 7.14. The summed E-state index contributed by atoms with van der Waals surface area (Å²) in [6, 6.07) is 11.7. The van der Waals surface area contributed by atoms with Gasteiger partial charge in [0.2, 0.25) is 0 Å². The van der Waals surface area contributed by atoms with Crippen LogP contribution in [0.4, 0.5) is 15.2 Å². The Hall–Kier alpha value is -3.92. The van der Waals surface area contributed by atoms with Gasteiger partial charge in [0.05, 0.1) is 16.2 Å². The van der Waals surface area contributed by atoms with Gasteiger partial charge < -0.3 is 4.74 Å². The van der Waals surface area contributed by atoms with Crippen molar-refractivity contribution in [3.8, 4) is 11.3 Å². The Balaban J connectivity index is 1.52. The van der Waals surface area contributed by atoms with E-state index in [-0.39, 0.29) is 17.1 Å². The van der Waals surface area contributed by atoms with Crippen LogP contribution in [0.5, 0.6) is 0 Å². The van der Waals surface area contributed by atoms with Crippen molar-refractivity contribution in [3.05, 3.63) is 81.5 Å². The van der Waals surface area contributed by atoms with Gasteiger partial charge in [-0.1, -0.05) is 12.1 Å². The number of hydrogen-bond acceptors (Lipinski definition) is 7. The van der Waals surface area contributed by atoms with Crippen LogP contribution in [0.1, 0.15) is 5.56 Å². The number of carbonyl (C=O) groups excluding carboxylic acids is 2. The maximum absolute atomic E-state index is 13.0. The second-order valence-electron chi connectivity index (χ2n) is 5.85. The molecule has 10 heteroatoms. The van der Waals surface area contributed by atoms with Crippen molar-refractivity contribution in [1.29, 1.82) is 0 Å². The molecule has 0 saturated carbocycles. The number of hydrogen-bond donors (Lipinski definition) is 1. The lowest BCUT2D eigenvalue weighted by Crippen LogP contribution is -2.20. The smallest absolute Gasteiger partial charge is 0.331 e. The molecule has 2 aromatic carbocycles. The molecular formula is C20H14FN3O5S. The largest absolute Gasteiger partial charge is 0.452 e. The molecule has 1 N–H and O–H groups in total. The number of benzene rings is 2. The highest BCUT2D eigenvalue weighted by Crippen LogP contribution is 2.25. The lowest BCUT2D eigenvalue weighted by molar-refractivity contribution is -0.385. The van der Waals surface area contributed by atoms with Gasteiger partial charge in [-0.15, -0.1) is 11.3 Å². The molecule has 0 unspecified atom stereocenters. The van der Waals surface area contributed by atoms with Crippen LogP contribution in [0, 0.1) is 15.9 Å². The number of para-hydroxylation sites is 1. The maximum Gasteiger partial charge on any atom is 0.331 e. The molecular weight excluding hydrogens is 413 g/mol. The number of ether oxygens (including phenoxy) is 1. The van der Waals surface area contributed by atoms with E-state index in [1.54, 1.807) is 23.6 Å². The predicted molar refractivity (Wildman–Crippen MR) is 109 cm³/mol. The molecule has 8 nitrogen and oxygen atoms in total. The minimum Gasteiger partial charge on any atom is -0.452 e. The summed E-state index contributed by atoms with van der Waals surface area (Å²) in [5, 5.41) is 15.4. The van der Waals surface area contributed by atoms with Crippen LogP contribution in [0.15, 0.2) is 60.0 Å². The molecule has 1 heterocycles. The van der Waals surface area contributed by atoms with E-state index < -0.39 is 23.4 Å². The lowest BCUT2D eigenvalue weighted by atomic mass is 10.1. The Morgan fingerprint density at radius 3 is 2.67 bits per heavy atom. The van der Waals surface area contributed by atoms with E-state index in [4.69, 9.17) is 4.74 Å². The third-order valence-electron chi connectivity index (χ3n) is 3.77. The zero-order chi connectivity index (χ0) is 21.5. The van der Waals surface area contributed by atoms with E-state index in [1.807, 2.05) is 0 Å². The summed E-state index contributed by atoms with van der Waals surface area (Å²) in [5.74, 6) is -1.78. The molecule has 3 rings (SSSR count). The average Bonchev–Trinajstić information content (AvgIpc) is 3.19. The van der Waals surface area contributed by atoms with Crippen molar-refractivity contribution in [1.82, 2.24) is 4.98 Å². The Morgan fingerprint density at radius 2 is 1.93 bits per heavy atom. The second kappa shape index (κ2) is 9.52. The molecule has 1 aromatic heterocycles. The summed E-state index contributed by atoms with van der Waals surface area (Å²) >= 11 is 1.17. The Bertz CT molecular complexity index is 1110. The van der Waals surface area contributed by atoms with Crippen LogP contribution >= 0.6 is 11.3 Å². The van der Waals surface area contributed by atoms with Gasteiger partial charge in [0.1, 0.15) is 5.82 Å². The number of carbonyl (C=O) groups is 2. The highest BCUT2D eigenvalue weighted by Gasteiger charge is 2.12. The van der Waals surface area contributed by atoms with Gasteiger partial charge in [0.15, 0.2) is 11.7 Å². The number of aromatic nitrogens is 1. The van der Waals surface area contributed by atoms with E-state index in [1.165, 1.54) is 47.7 Å². The first-order valence-electron chi connectivity index (χ1n) is 8.52. The van der Waals surface area contributed by atoms with E-state index in [9.17, 15) is 24.1 Å². The Morgan fingerprint density at radius 1 is 1.20 bits per heavy atom. The topological polar surface area (TPSA) is 111 Å². The monoisotopic (exact) mass is 427 g/mol. The van der Waals surface area contributed by atoms with Crippen LogP contribution in [0.25, 0.3) is 17.3 Å². The number of thiazole rings is 1. The fourth-order valence-corrected chi connectivity index (χ4v) is 3.11. The van der Waals surface area contributed by atoms with E-state index in [2.05, 4.69) is 10.3 Å². The molecule has 152 valence electrons. The van der Waals surface area contributed by atoms with Crippen LogP contribution in [-0.2, 0) is 14.3 Å². The summed E-state index contributed by atoms with van der Waals surface area (Å²) in [6.45, 7) is -0.550. The summed E-state index contributed by atoms with van der Waals surface area (Å²) < 4.78 is 17.8. The summed E-state index contributed by atoms with van der Waals surface area (Å²) in [4.78, 5) is 38.3. The molecule has 3 aromatic rings. The van der Waals surface area contributed by atoms with Crippen LogP contribution in [0.3, 0.4) is 0 Å². The van der Waals surface area contributed by atoms with Gasteiger partial charge in [0.25, 0.3) is 11.6 Å². The normalized spacial score (nSPS) is 10.7. The molecule has 30 heavy (non-hydrogen) atoms. The first-order chi connectivity index (χ1) is 14.4. The van der Waals surface area contributed by atoms with Gasteiger partial charge in [-0.05, 0) is 36.4 Å². The molecule has 0 aliphatic heterocycles. The van der Waals surface area contributed by atoms with Gasteiger partial charge in [-0.2, -0.15) is 0 Å². The second-order valence-corrected chi connectivity index (χ2v) is 6.71. The molecule has 0 bridgehead atoms. The third-order valence-corrected chi connectivity index (χ3v) is 4.53. The molecule has 0 fully saturated rings. The lowest BCUT2D eigenvalue weighted by Gasteiger charge is -2.02. The first-order valence-corrected chi connectivity index (χ1v) is 9.40. The number of nitrogens with one attached hydrogen (secondary N) is 1. The average molecular weight is 427 g/mol. The minimum absolute atomic E-state index is 0.153. The van der Waals surface area contributed by atoms with Crippen molar-refractivity contribution in [2.24, 2.45) is 0 Å². The van der Waals surface area contributed by atoms with E-state index in [0.29, 0.717) is 16.4 Å². The van der Waals surface area contributed by atoms with Crippen molar-refractivity contribution in [2.75, 3.05) is 11.9 Å². The molecule has 0 atom stereocenters. The van der Waals surface area contributed by atoms with Crippen molar-refractivity contribution in [3.63, 3.8) is 0 Å². The fourth-order valence-electron chi connectivity index (χ4n) is 2.38. The number of nitro groups is 1. The quantitative estimate of drug-likeness (QED) is 0.263. The van der Waals surface area contributed by atoms with Crippen molar-refractivity contribution in [2.45, 2.75) is 0 Å². The van der Waals surface area contributed by atoms with Gasteiger partial charge in [-0.3, -0.25) is 20.2 Å². The van der Waals surface area contributed by atoms with Crippen molar-refractivity contribution < 1.29 is 23.6 Å². The minimum atomic E-state index is -0.825. The number of nitro benzene ring substituents is 1. The molecule has 1 amide bonds. The maximum atomic E-state index is 13.0. The van der Waals surface area contributed by atoms with Crippen LogP contribution in [0.2, 0.25) is 0 Å². The third kappa shape index (κ3) is 5.55. The molecule has 0 saturated heterocycles. The highest BCUT2D eigenvalue weighted by atomic mass is 32.1. The Kier molecular flexibility index (Phi) is 6.60. The fraction of sp³-hybridized carbons (Fsp3) is 0.0500. The number of nitrogens with zero attached hydrogens (tertiary/aromatic N) is 2. The Labute approximate surface area is 173 Å². The van der Waals surface area contributed by atoms with Gasteiger partial charge in [-0.25, -0.2) is 14.2 Å². The summed E-state index contributed by atoms with van der Waals surface area (Å²) in [7, 11) is 0. The first kappa shape index (κ1) is 20.8.